The van der Waals surface area contributed by atoms with E-state index >= 15 is 0 Å². The molecule has 6 heteroatoms. The van der Waals surface area contributed by atoms with Crippen LogP contribution in [0.5, 0.6) is 0 Å². The Balaban J connectivity index is 1.81. The fourth-order valence-electron chi connectivity index (χ4n) is 2.31. The van der Waals surface area contributed by atoms with Gasteiger partial charge in [0.2, 0.25) is 0 Å². The van der Waals surface area contributed by atoms with E-state index in [1.165, 1.54) is 5.56 Å². The van der Waals surface area contributed by atoms with Crippen molar-refractivity contribution in [2.45, 2.75) is 11.7 Å². The van der Waals surface area contributed by atoms with Gasteiger partial charge in [-0.15, -0.1) is 0 Å². The number of halogens is 1. The van der Waals surface area contributed by atoms with E-state index in [9.17, 15) is 0 Å². The average molecular weight is 363 g/mol. The third-order valence-electron chi connectivity index (χ3n) is 3.58. The second-order valence-corrected chi connectivity index (χ2v) is 6.71. The zero-order chi connectivity index (χ0) is 17.2. The fraction of sp³-hybridized carbons (Fsp3) is 0.333. The van der Waals surface area contributed by atoms with E-state index in [1.807, 2.05) is 42.6 Å². The zero-order valence-corrected chi connectivity index (χ0v) is 15.6. The van der Waals surface area contributed by atoms with Crippen LogP contribution >= 0.6 is 23.4 Å². The topological polar surface area (TPSA) is 49.3 Å². The molecule has 0 aliphatic carbocycles. The third kappa shape index (κ3) is 6.06. The summed E-state index contributed by atoms with van der Waals surface area (Å²) in [5.74, 6) is 0.798. The van der Waals surface area contributed by atoms with Gasteiger partial charge in [-0.25, -0.2) is 0 Å². The summed E-state index contributed by atoms with van der Waals surface area (Å²) in [7, 11) is 1.78. The summed E-state index contributed by atoms with van der Waals surface area (Å²) in [5.41, 5.74) is 2.29. The number of nitrogens with one attached hydrogen (secondary N) is 2. The number of benzene rings is 1. The number of hydrogen-bond acceptors (Lipinski definition) is 3. The van der Waals surface area contributed by atoms with Gasteiger partial charge in [0.15, 0.2) is 5.96 Å². The van der Waals surface area contributed by atoms with Crippen molar-refractivity contribution >= 4 is 29.3 Å². The lowest BCUT2D eigenvalue weighted by Gasteiger charge is -2.18. The molecule has 0 bridgehead atoms. The average Bonchev–Trinajstić information content (AvgIpc) is 2.61. The smallest absolute Gasteiger partial charge is 0.191 e. The molecule has 0 fully saturated rings. The molecule has 1 aromatic carbocycles. The van der Waals surface area contributed by atoms with Crippen LogP contribution in [0, 0.1) is 0 Å². The molecular weight excluding hydrogens is 340 g/mol. The van der Waals surface area contributed by atoms with Crippen LogP contribution in [0.4, 0.5) is 0 Å². The minimum Gasteiger partial charge on any atom is -0.356 e. The van der Waals surface area contributed by atoms with Gasteiger partial charge in [-0.05, 0) is 36.1 Å². The number of aliphatic imine (C=N–C) groups is 1. The number of pyridine rings is 1. The largest absolute Gasteiger partial charge is 0.356 e. The molecule has 0 spiro atoms. The van der Waals surface area contributed by atoms with E-state index in [0.29, 0.717) is 5.25 Å². The lowest BCUT2D eigenvalue weighted by atomic mass is 10.1. The van der Waals surface area contributed by atoms with Crippen molar-refractivity contribution in [3.63, 3.8) is 0 Å². The summed E-state index contributed by atoms with van der Waals surface area (Å²) >= 11 is 7.88. The van der Waals surface area contributed by atoms with Crippen molar-refractivity contribution in [1.29, 1.82) is 0 Å². The summed E-state index contributed by atoms with van der Waals surface area (Å²) < 4.78 is 0. The third-order valence-corrected chi connectivity index (χ3v) is 4.83. The molecule has 0 radical (unpaired) electrons. The van der Waals surface area contributed by atoms with Gasteiger partial charge in [0.05, 0.1) is 0 Å². The molecule has 2 N–H and O–H groups in total. The van der Waals surface area contributed by atoms with Gasteiger partial charge in [0.25, 0.3) is 0 Å². The number of thioether (sulfide) groups is 1. The lowest BCUT2D eigenvalue weighted by molar-refractivity contribution is 0.770. The Hall–Kier alpha value is -1.72. The van der Waals surface area contributed by atoms with Crippen LogP contribution in [0.3, 0.4) is 0 Å². The predicted octanol–water partition coefficient (Wildman–Crippen LogP) is 3.55. The van der Waals surface area contributed by atoms with E-state index in [-0.39, 0.29) is 0 Å². The first-order valence-electron chi connectivity index (χ1n) is 7.85. The molecule has 2 aromatic rings. The monoisotopic (exact) mass is 362 g/mol. The molecule has 24 heavy (non-hydrogen) atoms. The Bertz CT molecular complexity index is 648. The van der Waals surface area contributed by atoms with Crippen molar-refractivity contribution in [3.05, 3.63) is 64.9 Å². The van der Waals surface area contributed by atoms with Crippen molar-refractivity contribution in [3.8, 4) is 0 Å². The summed E-state index contributed by atoms with van der Waals surface area (Å²) in [6.45, 7) is 1.57. The first kappa shape index (κ1) is 18.6. The van der Waals surface area contributed by atoms with E-state index in [1.54, 1.807) is 18.8 Å². The normalized spacial score (nSPS) is 12.7. The van der Waals surface area contributed by atoms with Gasteiger partial charge in [0.1, 0.15) is 0 Å². The SMILES string of the molecule is CN=C(NCCc1ccccn1)NCC(SC)c1cccc(Cl)c1. The van der Waals surface area contributed by atoms with E-state index in [4.69, 9.17) is 11.6 Å². The van der Waals surface area contributed by atoms with Gasteiger partial charge in [-0.1, -0.05) is 29.8 Å². The molecule has 0 saturated heterocycles. The maximum Gasteiger partial charge on any atom is 0.191 e. The highest BCUT2D eigenvalue weighted by atomic mass is 35.5. The van der Waals surface area contributed by atoms with Crippen LogP contribution in [-0.2, 0) is 6.42 Å². The fourth-order valence-corrected chi connectivity index (χ4v) is 3.18. The molecule has 2 rings (SSSR count). The molecular formula is C18H23ClN4S. The molecule has 1 unspecified atom stereocenters. The summed E-state index contributed by atoms with van der Waals surface area (Å²) in [6.07, 6.45) is 4.78. The minimum absolute atomic E-state index is 0.318. The summed E-state index contributed by atoms with van der Waals surface area (Å²) in [4.78, 5) is 8.60. The highest BCUT2D eigenvalue weighted by Gasteiger charge is 2.11. The second-order valence-electron chi connectivity index (χ2n) is 5.23. The number of aromatic nitrogens is 1. The van der Waals surface area contributed by atoms with E-state index < -0.39 is 0 Å². The van der Waals surface area contributed by atoms with Gasteiger partial charge in [-0.2, -0.15) is 11.8 Å². The maximum absolute atomic E-state index is 6.09. The molecule has 128 valence electrons. The first-order valence-corrected chi connectivity index (χ1v) is 9.52. The Labute approximate surface area is 153 Å². The standard InChI is InChI=1S/C18H23ClN4S/c1-20-18(22-11-9-16-8-3-4-10-21-16)23-13-17(24-2)14-6-5-7-15(19)12-14/h3-8,10,12,17H,9,11,13H2,1-2H3,(H2,20,22,23). The Kier molecular flexibility index (Phi) is 7.92. The molecule has 1 atom stereocenters. The van der Waals surface area contributed by atoms with Crippen LogP contribution in [0.25, 0.3) is 0 Å². The number of hydrogen-bond donors (Lipinski definition) is 2. The van der Waals surface area contributed by atoms with Crippen LogP contribution < -0.4 is 10.6 Å². The Morgan fingerprint density at radius 1 is 1.25 bits per heavy atom. The molecule has 0 amide bonds. The first-order chi connectivity index (χ1) is 11.7. The van der Waals surface area contributed by atoms with Gasteiger partial charge >= 0.3 is 0 Å². The van der Waals surface area contributed by atoms with Crippen molar-refractivity contribution in [2.75, 3.05) is 26.4 Å². The highest BCUT2D eigenvalue weighted by molar-refractivity contribution is 7.98. The van der Waals surface area contributed by atoms with Crippen molar-refractivity contribution in [2.24, 2.45) is 4.99 Å². The molecule has 0 aliphatic heterocycles. The lowest BCUT2D eigenvalue weighted by Crippen LogP contribution is -2.39. The van der Waals surface area contributed by atoms with E-state index in [2.05, 4.69) is 32.9 Å². The minimum atomic E-state index is 0.318. The highest BCUT2D eigenvalue weighted by Crippen LogP contribution is 2.27. The number of rotatable bonds is 7. The maximum atomic E-state index is 6.09. The van der Waals surface area contributed by atoms with Crippen LogP contribution in [-0.4, -0.2) is 37.3 Å². The van der Waals surface area contributed by atoms with Gasteiger partial charge < -0.3 is 10.6 Å². The molecule has 0 aliphatic rings. The van der Waals surface area contributed by atoms with Gasteiger partial charge in [0, 0.05) is 48.7 Å². The zero-order valence-electron chi connectivity index (χ0n) is 14.0. The van der Waals surface area contributed by atoms with Crippen molar-refractivity contribution < 1.29 is 0 Å². The van der Waals surface area contributed by atoms with Crippen LogP contribution in [0.2, 0.25) is 5.02 Å². The Morgan fingerprint density at radius 2 is 2.12 bits per heavy atom. The second kappa shape index (κ2) is 10.2. The van der Waals surface area contributed by atoms with Crippen LogP contribution in [0.15, 0.2) is 53.7 Å². The quantitative estimate of drug-likeness (QED) is 0.584. The predicted molar refractivity (Wildman–Crippen MR) is 105 cm³/mol. The Morgan fingerprint density at radius 3 is 2.79 bits per heavy atom. The van der Waals surface area contributed by atoms with Crippen molar-refractivity contribution in [1.82, 2.24) is 15.6 Å². The molecule has 1 aromatic heterocycles. The summed E-state index contributed by atoms with van der Waals surface area (Å²) in [6, 6.07) is 14.0. The summed E-state index contributed by atoms with van der Waals surface area (Å²) in [5, 5.41) is 7.79. The molecule has 0 saturated carbocycles. The van der Waals surface area contributed by atoms with Crippen LogP contribution in [0.1, 0.15) is 16.5 Å². The molecule has 4 nitrogen and oxygen atoms in total. The van der Waals surface area contributed by atoms with E-state index in [0.717, 1.165) is 36.2 Å². The number of nitrogens with zero attached hydrogens (tertiary/aromatic N) is 2. The van der Waals surface area contributed by atoms with Gasteiger partial charge in [-0.3, -0.25) is 9.98 Å². The number of guanidine groups is 1. The molecule has 1 heterocycles.